The largest absolute Gasteiger partial charge is 0.348 e. The second kappa shape index (κ2) is 23.9. The van der Waals surface area contributed by atoms with Crippen molar-refractivity contribution in [3.63, 3.8) is 0 Å². The summed E-state index contributed by atoms with van der Waals surface area (Å²) in [6, 6.07) is 19.1. The number of rotatable bonds is 15. The summed E-state index contributed by atoms with van der Waals surface area (Å²) in [5.74, 6) is 2.96. The first-order chi connectivity index (χ1) is 35.2. The quantitative estimate of drug-likeness (QED) is 0.0885. The van der Waals surface area contributed by atoms with Crippen LogP contribution in [-0.2, 0) is 52.8 Å². The predicted molar refractivity (Wildman–Crippen MR) is 289 cm³/mol. The molecule has 16 heteroatoms. The monoisotopic (exact) mass is 1030 g/mol. The zero-order valence-corrected chi connectivity index (χ0v) is 45.9. The Labute approximate surface area is 438 Å². The summed E-state index contributed by atoms with van der Waals surface area (Å²) in [6.45, 7) is 15.5. The Morgan fingerprint density at radius 1 is 0.730 bits per heavy atom. The van der Waals surface area contributed by atoms with E-state index in [4.69, 9.17) is 0 Å². The van der Waals surface area contributed by atoms with Gasteiger partial charge < -0.3 is 41.7 Å². The number of fused-ring (bicyclic) bond motifs is 2. The van der Waals surface area contributed by atoms with E-state index in [9.17, 15) is 33.6 Å². The Balaban J connectivity index is 1.04. The molecule has 4 aliphatic rings. The van der Waals surface area contributed by atoms with E-state index in [0.717, 1.165) is 55.2 Å². The molecule has 396 valence electrons. The lowest BCUT2D eigenvalue weighted by Gasteiger charge is -2.36. The molecule has 0 aromatic heterocycles. The van der Waals surface area contributed by atoms with Crippen LogP contribution < -0.4 is 31.9 Å². The minimum atomic E-state index is -2.00. The lowest BCUT2D eigenvalue weighted by atomic mass is 9.85. The number of benzene rings is 3. The van der Waals surface area contributed by atoms with Gasteiger partial charge in [-0.05, 0) is 117 Å². The van der Waals surface area contributed by atoms with Crippen molar-refractivity contribution in [1.29, 1.82) is 0 Å². The Morgan fingerprint density at radius 2 is 1.31 bits per heavy atom. The van der Waals surface area contributed by atoms with Gasteiger partial charge in [-0.3, -0.25) is 33.6 Å². The minimum absolute atomic E-state index is 0.0371. The summed E-state index contributed by atoms with van der Waals surface area (Å²) < 4.78 is 0. The fourth-order valence-corrected chi connectivity index (χ4v) is 13.8. The number of amides is 7. The van der Waals surface area contributed by atoms with E-state index in [1.54, 1.807) is 31.0 Å². The molecule has 7 amide bonds. The number of likely N-dealkylation sites (tertiary alicyclic amines) is 1. The molecule has 3 aromatic carbocycles. The molecular formula is C58H78N8O7Si. The van der Waals surface area contributed by atoms with E-state index < -0.39 is 61.6 Å². The molecular weight excluding hydrogens is 949 g/mol. The van der Waals surface area contributed by atoms with Crippen LogP contribution in [0.5, 0.6) is 0 Å². The maximum Gasteiger partial charge on any atom is 0.296 e. The summed E-state index contributed by atoms with van der Waals surface area (Å²) in [6.07, 6.45) is 6.80. The average molecular weight is 1030 g/mol. The van der Waals surface area contributed by atoms with E-state index in [0.29, 0.717) is 24.2 Å². The summed E-state index contributed by atoms with van der Waals surface area (Å²) in [5.41, 5.74) is 5.20. The molecule has 15 nitrogen and oxygen atoms in total. The minimum Gasteiger partial charge on any atom is -0.348 e. The highest BCUT2D eigenvalue weighted by Gasteiger charge is 2.48. The number of carbonyl (C=O) groups excluding carboxylic acids is 7. The highest BCUT2D eigenvalue weighted by molar-refractivity contribution is 6.79. The van der Waals surface area contributed by atoms with Crippen LogP contribution >= 0.6 is 0 Å². The average Bonchev–Trinajstić information content (AvgIpc) is 3.96. The van der Waals surface area contributed by atoms with Gasteiger partial charge in [0.15, 0.2) is 0 Å². The summed E-state index contributed by atoms with van der Waals surface area (Å²) >= 11 is 0. The first-order valence-electron chi connectivity index (χ1n) is 26.7. The number of nitrogens with zero attached hydrogens (tertiary/aromatic N) is 2. The number of likely N-dealkylation sites (N-methyl/N-ethyl adjacent to an activating group) is 1. The molecule has 7 rings (SSSR count). The van der Waals surface area contributed by atoms with E-state index in [2.05, 4.69) is 75.0 Å². The molecule has 2 aliphatic heterocycles. The van der Waals surface area contributed by atoms with Gasteiger partial charge in [0, 0.05) is 42.6 Å². The third kappa shape index (κ3) is 13.5. The number of nitrogens with one attached hydrogen (secondary N) is 6. The molecule has 2 saturated heterocycles. The van der Waals surface area contributed by atoms with Gasteiger partial charge in [0.25, 0.3) is 5.91 Å². The molecule has 0 radical (unpaired) electrons. The van der Waals surface area contributed by atoms with Gasteiger partial charge in [-0.2, -0.15) is 0 Å². The first kappa shape index (κ1) is 55.4. The van der Waals surface area contributed by atoms with Crippen molar-refractivity contribution in [1.82, 2.24) is 41.7 Å². The van der Waals surface area contributed by atoms with Crippen molar-refractivity contribution >= 4 is 49.4 Å². The molecule has 0 saturated carbocycles. The normalized spacial score (nSPS) is 22.5. The second-order valence-electron chi connectivity index (χ2n) is 22.9. The Kier molecular flexibility index (Phi) is 17.9. The van der Waals surface area contributed by atoms with Gasteiger partial charge in [-0.15, -0.1) is 0 Å². The molecule has 74 heavy (non-hydrogen) atoms. The van der Waals surface area contributed by atoms with Crippen molar-refractivity contribution in [2.45, 2.75) is 167 Å². The van der Waals surface area contributed by atoms with Gasteiger partial charge in [0.05, 0.1) is 26.2 Å². The zero-order chi connectivity index (χ0) is 53.5. The maximum absolute atomic E-state index is 14.7. The first-order valence-corrected chi connectivity index (χ1v) is 30.1. The number of carbonyl (C=O) groups is 7. The van der Waals surface area contributed by atoms with E-state index in [1.807, 2.05) is 77.1 Å². The lowest BCUT2D eigenvalue weighted by Crippen LogP contribution is -2.59. The van der Waals surface area contributed by atoms with Crippen molar-refractivity contribution in [3.8, 4) is 11.8 Å². The smallest absolute Gasteiger partial charge is 0.296 e. The van der Waals surface area contributed by atoms with Gasteiger partial charge in [-0.25, -0.2) is 0 Å². The Morgan fingerprint density at radius 3 is 1.88 bits per heavy atom. The lowest BCUT2D eigenvalue weighted by molar-refractivity contribution is -0.144. The molecule has 0 spiro atoms. The van der Waals surface area contributed by atoms with Crippen molar-refractivity contribution in [2.24, 2.45) is 11.3 Å². The number of hydrogen-bond donors (Lipinski definition) is 6. The van der Waals surface area contributed by atoms with Gasteiger partial charge in [0.2, 0.25) is 35.4 Å². The standard InChI is InChI=1S/C58H78N8O7Si/c1-10-36(2)52(68)63-47(56(72)66-35-74(8,9)34-49(66)55(71)62-46-24-16-20-41-18-12-14-22-44(41)46)31-39-27-25-38(26-28-39)29-30-50(67)60-42-32-48(54(70)61-45-23-15-19-40-17-11-13-21-43(40)45)65(33-42)57(73)51(58(4,5)6)64-53(69)37(3)59-7/h11-14,17-18,21-22,25-28,36-37,42,45-49,51,59H,10,15-16,19-20,23-24,31-35H2,1-9H3,(H,60,67)(H,61,70)(H,62,71)(H,63,68)(H,64,69)/t36-,37+,42?,45?,46?,47?,48+,49+,51-/m1/s1. The predicted octanol–water partition coefficient (Wildman–Crippen LogP) is 5.18. The number of aryl methyl sites for hydroxylation is 2. The molecule has 3 aromatic rings. The molecule has 0 bridgehead atoms. The Hall–Kier alpha value is -6.31. The fraction of sp³-hybridized carbons (Fsp3) is 0.534. The van der Waals surface area contributed by atoms with Crippen LogP contribution in [0.3, 0.4) is 0 Å². The molecule has 4 unspecified atom stereocenters. The highest BCUT2D eigenvalue weighted by atomic mass is 28.3. The van der Waals surface area contributed by atoms with Crippen molar-refractivity contribution in [2.75, 3.05) is 19.8 Å². The molecule has 9 atom stereocenters. The Bertz CT molecular complexity index is 2640. The van der Waals surface area contributed by atoms with Gasteiger partial charge in [0.1, 0.15) is 24.2 Å². The maximum atomic E-state index is 14.7. The van der Waals surface area contributed by atoms with Crippen LogP contribution in [0.2, 0.25) is 19.1 Å². The molecule has 2 fully saturated rings. The van der Waals surface area contributed by atoms with E-state index in [1.165, 1.54) is 16.0 Å². The van der Waals surface area contributed by atoms with Crippen LogP contribution in [0.1, 0.15) is 126 Å². The van der Waals surface area contributed by atoms with Crippen LogP contribution in [0.15, 0.2) is 72.8 Å². The second-order valence-corrected chi connectivity index (χ2v) is 28.0. The number of hydrogen-bond acceptors (Lipinski definition) is 8. The van der Waals surface area contributed by atoms with E-state index >= 15 is 0 Å². The topological polar surface area (TPSA) is 198 Å². The van der Waals surface area contributed by atoms with Crippen LogP contribution in [0.25, 0.3) is 0 Å². The molecule has 6 N–H and O–H groups in total. The summed E-state index contributed by atoms with van der Waals surface area (Å²) in [7, 11) is -0.335. The van der Waals surface area contributed by atoms with Crippen molar-refractivity contribution in [3.05, 3.63) is 106 Å². The molecule has 2 heterocycles. The van der Waals surface area contributed by atoms with Gasteiger partial charge >= 0.3 is 0 Å². The van der Waals surface area contributed by atoms with E-state index in [-0.39, 0.29) is 66.9 Å². The third-order valence-corrected chi connectivity index (χ3v) is 18.2. The molecule has 2 aliphatic carbocycles. The SMILES string of the molecule is CC[C@@H](C)C(=O)NC(Cc1ccc(C#CC(=O)NC2C[C@@H](C(=O)NC3CCCc4ccccc43)N(C(=O)[C@@H](NC(=O)[C@H](C)NC)C(C)(C)C)C2)cc1)C(=O)N1C[Si](C)(C)C[C@H]1C(=O)NC1CCCc2ccccc21. The van der Waals surface area contributed by atoms with Crippen LogP contribution in [0.4, 0.5) is 0 Å². The van der Waals surface area contributed by atoms with Gasteiger partial charge in [-0.1, -0.05) is 114 Å². The summed E-state index contributed by atoms with van der Waals surface area (Å²) in [5, 5.41) is 18.3. The van der Waals surface area contributed by atoms with Crippen LogP contribution in [-0.4, -0.2) is 115 Å². The third-order valence-electron chi connectivity index (χ3n) is 15.5. The van der Waals surface area contributed by atoms with Crippen LogP contribution in [0, 0.1) is 23.2 Å². The highest BCUT2D eigenvalue weighted by Crippen LogP contribution is 2.34. The fourth-order valence-electron chi connectivity index (χ4n) is 10.9. The van der Waals surface area contributed by atoms with Crippen molar-refractivity contribution < 1.29 is 33.6 Å². The summed E-state index contributed by atoms with van der Waals surface area (Å²) in [4.78, 5) is 101. The zero-order valence-electron chi connectivity index (χ0n) is 44.9.